The van der Waals surface area contributed by atoms with Crippen LogP contribution in [0.15, 0.2) is 63.1 Å². The van der Waals surface area contributed by atoms with Crippen LogP contribution in [0.5, 0.6) is 0 Å². The van der Waals surface area contributed by atoms with E-state index in [-0.39, 0.29) is 34.3 Å². The fourth-order valence-corrected chi connectivity index (χ4v) is 2.57. The van der Waals surface area contributed by atoms with Crippen LogP contribution in [0.25, 0.3) is 17.4 Å². The van der Waals surface area contributed by atoms with Crippen molar-refractivity contribution in [3.05, 3.63) is 81.0 Å². The molecule has 0 atom stereocenters. The number of nitriles is 1. The highest BCUT2D eigenvalue weighted by Crippen LogP contribution is 2.33. The molecule has 2 heterocycles. The Hall–Kier alpha value is -3.83. The van der Waals surface area contributed by atoms with E-state index in [1.807, 2.05) is 6.07 Å². The third kappa shape index (κ3) is 4.28. The molecule has 140 valence electrons. The number of nitro groups is 1. The van der Waals surface area contributed by atoms with Gasteiger partial charge in [-0.05, 0) is 30.3 Å². The summed E-state index contributed by atoms with van der Waals surface area (Å²) >= 11 is 6.09. The molecule has 2 aromatic heterocycles. The first-order chi connectivity index (χ1) is 13.5. The van der Waals surface area contributed by atoms with Crippen molar-refractivity contribution in [3.8, 4) is 17.4 Å². The largest absolute Gasteiger partial charge is 0.467 e. The summed E-state index contributed by atoms with van der Waals surface area (Å²) in [6, 6.07) is 12.2. The first kappa shape index (κ1) is 18.9. The lowest BCUT2D eigenvalue weighted by Gasteiger charge is -2.02. The molecule has 1 N–H and O–H groups in total. The average Bonchev–Trinajstić information content (AvgIpc) is 3.36. The Bertz CT molecular complexity index is 1090. The summed E-state index contributed by atoms with van der Waals surface area (Å²) in [5.41, 5.74) is 0.0248. The van der Waals surface area contributed by atoms with Gasteiger partial charge >= 0.3 is 0 Å². The molecule has 0 aliphatic heterocycles. The van der Waals surface area contributed by atoms with E-state index < -0.39 is 10.8 Å². The SMILES string of the molecule is N#C/C(=C\c1ccc(-c2cc([N+](=O)[O-])ccc2Cl)o1)C(=O)NCc1ccco1. The minimum absolute atomic E-state index is 0.136. The number of furan rings is 2. The van der Waals surface area contributed by atoms with E-state index in [4.69, 9.17) is 20.4 Å². The maximum absolute atomic E-state index is 12.1. The number of carbonyl (C=O) groups excluding carboxylic acids is 1. The van der Waals surface area contributed by atoms with Crippen LogP contribution in [0.1, 0.15) is 11.5 Å². The zero-order valence-electron chi connectivity index (χ0n) is 14.2. The number of benzene rings is 1. The molecule has 0 saturated carbocycles. The summed E-state index contributed by atoms with van der Waals surface area (Å²) in [5, 5.41) is 23.0. The average molecular weight is 398 g/mol. The predicted octanol–water partition coefficient (Wildman–Crippen LogP) is 4.32. The van der Waals surface area contributed by atoms with Crippen molar-refractivity contribution in [2.24, 2.45) is 0 Å². The molecule has 0 bridgehead atoms. The van der Waals surface area contributed by atoms with Crippen LogP contribution in [-0.2, 0) is 11.3 Å². The van der Waals surface area contributed by atoms with Crippen molar-refractivity contribution in [1.82, 2.24) is 5.32 Å². The standard InChI is InChI=1S/C19H12ClN3O5/c20-17-5-3-13(23(25)26)9-16(17)18-6-4-14(28-18)8-12(10-21)19(24)22-11-15-2-1-7-27-15/h1-9H,11H2,(H,22,24)/b12-8+. The lowest BCUT2D eigenvalue weighted by Crippen LogP contribution is -2.23. The summed E-state index contributed by atoms with van der Waals surface area (Å²) in [7, 11) is 0. The lowest BCUT2D eigenvalue weighted by molar-refractivity contribution is -0.384. The van der Waals surface area contributed by atoms with E-state index in [1.165, 1.54) is 36.6 Å². The predicted molar refractivity (Wildman–Crippen MR) is 100.0 cm³/mol. The van der Waals surface area contributed by atoms with Gasteiger partial charge in [0.2, 0.25) is 0 Å². The van der Waals surface area contributed by atoms with Gasteiger partial charge in [0.05, 0.1) is 22.8 Å². The van der Waals surface area contributed by atoms with Gasteiger partial charge in [0.1, 0.15) is 28.9 Å². The van der Waals surface area contributed by atoms with E-state index >= 15 is 0 Å². The molecule has 3 aromatic rings. The molecule has 9 heteroatoms. The van der Waals surface area contributed by atoms with E-state index in [1.54, 1.807) is 18.2 Å². The van der Waals surface area contributed by atoms with Gasteiger partial charge in [0.15, 0.2) is 0 Å². The Morgan fingerprint density at radius 1 is 1.32 bits per heavy atom. The third-order valence-electron chi connectivity index (χ3n) is 3.71. The normalized spacial score (nSPS) is 11.1. The zero-order chi connectivity index (χ0) is 20.1. The molecule has 0 aliphatic rings. The first-order valence-corrected chi connectivity index (χ1v) is 8.32. The second kappa shape index (κ2) is 8.24. The van der Waals surface area contributed by atoms with Gasteiger partial charge in [0.25, 0.3) is 11.6 Å². The number of hydrogen-bond acceptors (Lipinski definition) is 6. The smallest absolute Gasteiger partial charge is 0.270 e. The van der Waals surface area contributed by atoms with Crippen molar-refractivity contribution >= 4 is 29.3 Å². The van der Waals surface area contributed by atoms with Crippen LogP contribution in [0, 0.1) is 21.4 Å². The van der Waals surface area contributed by atoms with Gasteiger partial charge in [-0.1, -0.05) is 11.6 Å². The Labute approximate surface area is 163 Å². The van der Waals surface area contributed by atoms with Crippen LogP contribution in [0.4, 0.5) is 5.69 Å². The van der Waals surface area contributed by atoms with Crippen molar-refractivity contribution in [3.63, 3.8) is 0 Å². The summed E-state index contributed by atoms with van der Waals surface area (Å²) < 4.78 is 10.7. The number of carbonyl (C=O) groups is 1. The molecule has 3 rings (SSSR count). The zero-order valence-corrected chi connectivity index (χ0v) is 15.0. The Balaban J connectivity index is 1.80. The second-order valence-electron chi connectivity index (χ2n) is 5.56. The highest BCUT2D eigenvalue weighted by atomic mass is 35.5. The van der Waals surface area contributed by atoms with Gasteiger partial charge in [-0.3, -0.25) is 14.9 Å². The van der Waals surface area contributed by atoms with Crippen LogP contribution in [0.3, 0.4) is 0 Å². The van der Waals surface area contributed by atoms with Crippen molar-refractivity contribution < 1.29 is 18.6 Å². The molecular weight excluding hydrogens is 386 g/mol. The van der Waals surface area contributed by atoms with Crippen LogP contribution in [0.2, 0.25) is 5.02 Å². The van der Waals surface area contributed by atoms with Gasteiger partial charge < -0.3 is 14.2 Å². The Morgan fingerprint density at radius 2 is 2.14 bits per heavy atom. The maximum atomic E-state index is 12.1. The Morgan fingerprint density at radius 3 is 2.82 bits per heavy atom. The van der Waals surface area contributed by atoms with Crippen LogP contribution < -0.4 is 5.32 Å². The number of amides is 1. The van der Waals surface area contributed by atoms with Gasteiger partial charge in [-0.2, -0.15) is 5.26 Å². The minimum atomic E-state index is -0.592. The third-order valence-corrected chi connectivity index (χ3v) is 4.04. The number of rotatable bonds is 6. The van der Waals surface area contributed by atoms with E-state index in [0.29, 0.717) is 11.3 Å². The number of nitro benzene ring substituents is 1. The molecule has 0 aliphatic carbocycles. The van der Waals surface area contributed by atoms with Crippen molar-refractivity contribution in [2.75, 3.05) is 0 Å². The fraction of sp³-hybridized carbons (Fsp3) is 0.0526. The molecule has 28 heavy (non-hydrogen) atoms. The second-order valence-corrected chi connectivity index (χ2v) is 5.96. The van der Waals surface area contributed by atoms with Gasteiger partial charge in [-0.25, -0.2) is 0 Å². The molecule has 0 unspecified atom stereocenters. The van der Waals surface area contributed by atoms with Crippen LogP contribution >= 0.6 is 11.6 Å². The van der Waals surface area contributed by atoms with Crippen molar-refractivity contribution in [2.45, 2.75) is 6.54 Å². The highest BCUT2D eigenvalue weighted by molar-refractivity contribution is 6.33. The number of non-ortho nitro benzene ring substituents is 1. The molecule has 1 aromatic carbocycles. The lowest BCUT2D eigenvalue weighted by atomic mass is 10.1. The minimum Gasteiger partial charge on any atom is -0.467 e. The molecule has 0 fully saturated rings. The van der Waals surface area contributed by atoms with E-state index in [0.717, 1.165) is 0 Å². The maximum Gasteiger partial charge on any atom is 0.270 e. The molecule has 1 amide bonds. The summed E-state index contributed by atoms with van der Waals surface area (Å²) in [5.74, 6) is 0.451. The van der Waals surface area contributed by atoms with Crippen molar-refractivity contribution in [1.29, 1.82) is 5.26 Å². The number of nitrogens with one attached hydrogen (secondary N) is 1. The molecule has 0 spiro atoms. The topological polar surface area (TPSA) is 122 Å². The quantitative estimate of drug-likeness (QED) is 0.286. The van der Waals surface area contributed by atoms with Crippen LogP contribution in [-0.4, -0.2) is 10.8 Å². The molecule has 8 nitrogen and oxygen atoms in total. The van der Waals surface area contributed by atoms with E-state index in [9.17, 15) is 20.2 Å². The fourth-order valence-electron chi connectivity index (χ4n) is 2.36. The Kier molecular flexibility index (Phi) is 5.58. The number of nitrogens with zero attached hydrogens (tertiary/aromatic N) is 2. The molecular formula is C19H12ClN3O5. The first-order valence-electron chi connectivity index (χ1n) is 7.94. The molecule has 0 saturated heterocycles. The summed E-state index contributed by atoms with van der Waals surface area (Å²) in [6.07, 6.45) is 2.75. The van der Waals surface area contributed by atoms with Gasteiger partial charge in [-0.15, -0.1) is 0 Å². The molecule has 0 radical (unpaired) electrons. The van der Waals surface area contributed by atoms with E-state index in [2.05, 4.69) is 5.32 Å². The van der Waals surface area contributed by atoms with Gasteiger partial charge in [0, 0.05) is 23.8 Å². The summed E-state index contributed by atoms with van der Waals surface area (Å²) in [4.78, 5) is 22.5. The highest BCUT2D eigenvalue weighted by Gasteiger charge is 2.15. The number of hydrogen-bond donors (Lipinski definition) is 1. The monoisotopic (exact) mass is 397 g/mol. The summed E-state index contributed by atoms with van der Waals surface area (Å²) in [6.45, 7) is 0.136. The number of halogens is 1.